The minimum Gasteiger partial charge on any atom is -0.480 e. The van der Waals surface area contributed by atoms with Crippen LogP contribution < -0.4 is 5.32 Å². The van der Waals surface area contributed by atoms with Gasteiger partial charge in [0.2, 0.25) is 0 Å². The predicted octanol–water partition coefficient (Wildman–Crippen LogP) is 2.85. The molecular weight excluding hydrogens is 254 g/mol. The monoisotopic (exact) mass is 273 g/mol. The Hall–Kier alpha value is -2.09. The van der Waals surface area contributed by atoms with Gasteiger partial charge in [0.1, 0.15) is 11.4 Å². The highest BCUT2D eigenvalue weighted by molar-refractivity contribution is 5.82. The summed E-state index contributed by atoms with van der Waals surface area (Å²) in [6, 6.07) is 5.37. The number of nitriles is 1. The molecular formula is C15H19N3O2. The molecule has 106 valence electrons. The number of hydrogen-bond acceptors (Lipinski definition) is 4. The average Bonchev–Trinajstić information content (AvgIpc) is 2.64. The number of nitrogens with one attached hydrogen (secondary N) is 1. The van der Waals surface area contributed by atoms with Gasteiger partial charge in [0.15, 0.2) is 0 Å². The summed E-state index contributed by atoms with van der Waals surface area (Å²) in [6.45, 7) is 1.80. The maximum atomic E-state index is 11.7. The van der Waals surface area contributed by atoms with Crippen molar-refractivity contribution in [2.75, 3.05) is 5.32 Å². The molecule has 1 heterocycles. The van der Waals surface area contributed by atoms with Gasteiger partial charge >= 0.3 is 5.97 Å². The fourth-order valence-electron chi connectivity index (χ4n) is 2.77. The van der Waals surface area contributed by atoms with Crippen LogP contribution in [0.3, 0.4) is 0 Å². The summed E-state index contributed by atoms with van der Waals surface area (Å²) in [4.78, 5) is 16.0. The first-order valence-corrected chi connectivity index (χ1v) is 6.96. The number of rotatable bonds is 3. The number of aryl methyl sites for hydroxylation is 1. The molecule has 0 spiro atoms. The number of pyridine rings is 1. The van der Waals surface area contributed by atoms with Crippen molar-refractivity contribution in [1.29, 1.82) is 5.26 Å². The van der Waals surface area contributed by atoms with E-state index in [4.69, 9.17) is 5.26 Å². The molecule has 0 saturated heterocycles. The molecule has 0 aromatic carbocycles. The molecule has 0 aliphatic heterocycles. The second kappa shape index (κ2) is 5.91. The highest BCUT2D eigenvalue weighted by atomic mass is 16.4. The second-order valence-corrected chi connectivity index (χ2v) is 5.42. The summed E-state index contributed by atoms with van der Waals surface area (Å²) in [5.41, 5.74) is 0.249. The van der Waals surface area contributed by atoms with Crippen LogP contribution in [0.25, 0.3) is 0 Å². The number of aliphatic carboxylic acids is 1. The van der Waals surface area contributed by atoms with E-state index in [0.29, 0.717) is 29.9 Å². The van der Waals surface area contributed by atoms with Crippen LogP contribution in [0, 0.1) is 18.3 Å². The van der Waals surface area contributed by atoms with E-state index < -0.39 is 11.5 Å². The van der Waals surface area contributed by atoms with Crippen molar-refractivity contribution in [3.63, 3.8) is 0 Å². The number of nitrogens with zero attached hydrogens (tertiary/aromatic N) is 2. The SMILES string of the molecule is Cc1cc(C#N)cc(NC2(C(=O)O)CCCCCC2)n1. The number of carboxylic acid groups (broad SMARTS) is 1. The molecule has 1 aliphatic rings. The lowest BCUT2D eigenvalue weighted by Crippen LogP contribution is -2.46. The highest BCUT2D eigenvalue weighted by Crippen LogP contribution is 2.30. The van der Waals surface area contributed by atoms with Gasteiger partial charge in [-0.25, -0.2) is 9.78 Å². The Bertz CT molecular complexity index is 541. The topological polar surface area (TPSA) is 86.0 Å². The summed E-state index contributed by atoms with van der Waals surface area (Å²) in [5, 5.41) is 21.7. The Kier molecular flexibility index (Phi) is 4.23. The molecule has 0 atom stereocenters. The van der Waals surface area contributed by atoms with Gasteiger partial charge in [0.25, 0.3) is 0 Å². The number of hydrogen-bond donors (Lipinski definition) is 2. The van der Waals surface area contributed by atoms with E-state index in [1.807, 2.05) is 0 Å². The summed E-state index contributed by atoms with van der Waals surface area (Å²) in [5.74, 6) is -0.355. The molecule has 1 aromatic heterocycles. The molecule has 0 amide bonds. The zero-order valence-electron chi connectivity index (χ0n) is 11.6. The van der Waals surface area contributed by atoms with E-state index in [1.165, 1.54) is 0 Å². The first-order valence-electron chi connectivity index (χ1n) is 6.96. The number of aromatic nitrogens is 1. The molecule has 1 aliphatic carbocycles. The lowest BCUT2D eigenvalue weighted by molar-refractivity contribution is -0.142. The van der Waals surface area contributed by atoms with Gasteiger partial charge in [-0.2, -0.15) is 5.26 Å². The van der Waals surface area contributed by atoms with E-state index in [-0.39, 0.29) is 0 Å². The van der Waals surface area contributed by atoms with E-state index in [9.17, 15) is 9.90 Å². The standard InChI is InChI=1S/C15H19N3O2/c1-11-8-12(10-16)9-13(17-11)18-15(14(19)20)6-4-2-3-5-7-15/h8-9H,2-7H2,1H3,(H,17,18)(H,19,20). The first kappa shape index (κ1) is 14.3. The van der Waals surface area contributed by atoms with Crippen LogP contribution in [-0.4, -0.2) is 21.6 Å². The summed E-state index contributed by atoms with van der Waals surface area (Å²) in [6.07, 6.45) is 5.13. The zero-order chi connectivity index (χ0) is 14.6. The molecule has 20 heavy (non-hydrogen) atoms. The fourth-order valence-corrected chi connectivity index (χ4v) is 2.77. The van der Waals surface area contributed by atoms with Gasteiger partial charge in [-0.1, -0.05) is 25.7 Å². The van der Waals surface area contributed by atoms with Gasteiger partial charge in [0, 0.05) is 5.69 Å². The van der Waals surface area contributed by atoms with Crippen LogP contribution in [0.1, 0.15) is 49.8 Å². The average molecular weight is 273 g/mol. The first-order chi connectivity index (χ1) is 9.55. The van der Waals surface area contributed by atoms with Crippen molar-refractivity contribution in [3.05, 3.63) is 23.4 Å². The third-order valence-electron chi connectivity index (χ3n) is 3.82. The van der Waals surface area contributed by atoms with Crippen molar-refractivity contribution in [1.82, 2.24) is 4.98 Å². The smallest absolute Gasteiger partial charge is 0.329 e. The molecule has 0 unspecified atom stereocenters. The lowest BCUT2D eigenvalue weighted by Gasteiger charge is -2.30. The quantitative estimate of drug-likeness (QED) is 0.827. The molecule has 0 radical (unpaired) electrons. The molecule has 1 aromatic rings. The van der Waals surface area contributed by atoms with E-state index in [2.05, 4.69) is 16.4 Å². The molecule has 2 N–H and O–H groups in total. The lowest BCUT2D eigenvalue weighted by atomic mass is 9.90. The van der Waals surface area contributed by atoms with Crippen molar-refractivity contribution in [2.24, 2.45) is 0 Å². The molecule has 0 bridgehead atoms. The molecule has 5 heteroatoms. The van der Waals surface area contributed by atoms with Crippen LogP contribution >= 0.6 is 0 Å². The number of carbonyl (C=O) groups is 1. The van der Waals surface area contributed by atoms with Gasteiger partial charge < -0.3 is 10.4 Å². The second-order valence-electron chi connectivity index (χ2n) is 5.42. The van der Waals surface area contributed by atoms with E-state index in [0.717, 1.165) is 25.7 Å². The maximum Gasteiger partial charge on any atom is 0.329 e. The van der Waals surface area contributed by atoms with Gasteiger partial charge in [-0.05, 0) is 31.9 Å². The molecule has 1 saturated carbocycles. The van der Waals surface area contributed by atoms with Gasteiger partial charge in [0.05, 0.1) is 11.6 Å². The molecule has 1 fully saturated rings. The van der Waals surface area contributed by atoms with Crippen LogP contribution in [0.4, 0.5) is 5.82 Å². The summed E-state index contributed by atoms with van der Waals surface area (Å²) in [7, 11) is 0. The Balaban J connectivity index is 2.30. The minimum absolute atomic E-state index is 0.478. The Morgan fingerprint density at radius 1 is 1.35 bits per heavy atom. The van der Waals surface area contributed by atoms with Crippen LogP contribution in [0.2, 0.25) is 0 Å². The fraction of sp³-hybridized carbons (Fsp3) is 0.533. The van der Waals surface area contributed by atoms with Crippen molar-refractivity contribution >= 4 is 11.8 Å². The van der Waals surface area contributed by atoms with Crippen molar-refractivity contribution in [3.8, 4) is 6.07 Å². The van der Waals surface area contributed by atoms with Crippen LogP contribution in [-0.2, 0) is 4.79 Å². The summed E-state index contributed by atoms with van der Waals surface area (Å²) >= 11 is 0. The highest BCUT2D eigenvalue weighted by Gasteiger charge is 2.38. The maximum absolute atomic E-state index is 11.7. The minimum atomic E-state index is -0.954. The van der Waals surface area contributed by atoms with Crippen LogP contribution in [0.5, 0.6) is 0 Å². The third kappa shape index (κ3) is 3.08. The van der Waals surface area contributed by atoms with E-state index in [1.54, 1.807) is 19.1 Å². The van der Waals surface area contributed by atoms with Crippen molar-refractivity contribution in [2.45, 2.75) is 51.0 Å². The number of carboxylic acids is 1. The Labute approximate surface area is 118 Å². The van der Waals surface area contributed by atoms with Crippen molar-refractivity contribution < 1.29 is 9.90 Å². The van der Waals surface area contributed by atoms with Crippen LogP contribution in [0.15, 0.2) is 12.1 Å². The predicted molar refractivity (Wildman–Crippen MR) is 75.4 cm³/mol. The zero-order valence-corrected chi connectivity index (χ0v) is 11.6. The third-order valence-corrected chi connectivity index (χ3v) is 3.82. The van der Waals surface area contributed by atoms with E-state index >= 15 is 0 Å². The van der Waals surface area contributed by atoms with Gasteiger partial charge in [-0.3, -0.25) is 0 Å². The normalized spacial score (nSPS) is 17.8. The number of anilines is 1. The molecule has 2 rings (SSSR count). The molecule has 5 nitrogen and oxygen atoms in total. The summed E-state index contributed by atoms with van der Waals surface area (Å²) < 4.78 is 0. The Morgan fingerprint density at radius 2 is 2.00 bits per heavy atom. The van der Waals surface area contributed by atoms with Gasteiger partial charge in [-0.15, -0.1) is 0 Å². The largest absolute Gasteiger partial charge is 0.480 e. The Morgan fingerprint density at radius 3 is 2.55 bits per heavy atom.